The van der Waals surface area contributed by atoms with E-state index in [0.717, 1.165) is 30.2 Å². The molecule has 0 spiro atoms. The molecule has 1 fully saturated rings. The van der Waals surface area contributed by atoms with E-state index in [2.05, 4.69) is 9.88 Å². The number of hydrogen-bond donors (Lipinski definition) is 0. The van der Waals surface area contributed by atoms with Gasteiger partial charge in [-0.15, -0.1) is 0 Å². The van der Waals surface area contributed by atoms with Crippen molar-refractivity contribution in [3.8, 4) is 0 Å². The van der Waals surface area contributed by atoms with Crippen LogP contribution in [0.2, 0.25) is 5.02 Å². The second-order valence-corrected chi connectivity index (χ2v) is 10.6. The third-order valence-corrected chi connectivity index (χ3v) is 7.97. The molecule has 6 nitrogen and oxygen atoms in total. The first-order valence-corrected chi connectivity index (χ1v) is 13.6. The Hall–Kier alpha value is -3.68. The number of carbonyl (C=O) groups is 1. The van der Waals surface area contributed by atoms with Crippen molar-refractivity contribution in [3.05, 3.63) is 119 Å². The van der Waals surface area contributed by atoms with Gasteiger partial charge in [-0.3, -0.25) is 9.10 Å². The predicted molar refractivity (Wildman–Crippen MR) is 149 cm³/mol. The Morgan fingerprint density at radius 1 is 0.865 bits per heavy atom. The second kappa shape index (κ2) is 11.6. The third kappa shape index (κ3) is 6.01. The van der Waals surface area contributed by atoms with Gasteiger partial charge in [0, 0.05) is 43.0 Å². The summed E-state index contributed by atoms with van der Waals surface area (Å²) in [4.78, 5) is 22.6. The Labute approximate surface area is 224 Å². The van der Waals surface area contributed by atoms with Crippen LogP contribution in [0.3, 0.4) is 0 Å². The molecule has 1 unspecified atom stereocenters. The molecular weight excluding hydrogens is 504 g/mol. The summed E-state index contributed by atoms with van der Waals surface area (Å²) in [6.45, 7) is 3.08. The van der Waals surface area contributed by atoms with Crippen molar-refractivity contribution in [3.63, 3.8) is 0 Å². The third-order valence-electron chi connectivity index (χ3n) is 6.31. The van der Waals surface area contributed by atoms with E-state index in [0.29, 0.717) is 35.1 Å². The molecule has 0 radical (unpaired) electrons. The van der Waals surface area contributed by atoms with E-state index in [-0.39, 0.29) is 5.91 Å². The van der Waals surface area contributed by atoms with E-state index in [1.54, 1.807) is 6.20 Å². The zero-order chi connectivity index (χ0) is 25.6. The highest BCUT2D eigenvalue weighted by Crippen LogP contribution is 2.26. The van der Waals surface area contributed by atoms with Crippen LogP contribution in [0.25, 0.3) is 0 Å². The minimum Gasteiger partial charge on any atom is -0.353 e. The van der Waals surface area contributed by atoms with Crippen LogP contribution in [-0.4, -0.2) is 46.2 Å². The van der Waals surface area contributed by atoms with Crippen LogP contribution in [0.5, 0.6) is 0 Å². The Morgan fingerprint density at radius 2 is 1.59 bits per heavy atom. The lowest BCUT2D eigenvalue weighted by atomic mass is 10.1. The fraction of sp³-hybridized carbons (Fsp3) is 0.172. The van der Waals surface area contributed by atoms with Gasteiger partial charge in [-0.25, -0.2) is 9.19 Å². The van der Waals surface area contributed by atoms with Gasteiger partial charge in [-0.05, 0) is 60.2 Å². The molecule has 0 aliphatic carbocycles. The highest BCUT2D eigenvalue weighted by molar-refractivity contribution is 7.86. The number of rotatable bonds is 7. The average molecular weight is 531 g/mol. The Kier molecular flexibility index (Phi) is 7.82. The van der Waals surface area contributed by atoms with Crippen LogP contribution in [0, 0.1) is 0 Å². The number of amides is 1. The van der Waals surface area contributed by atoms with Gasteiger partial charge in [-0.2, -0.15) is 0 Å². The summed E-state index contributed by atoms with van der Waals surface area (Å²) in [6.07, 6.45) is 1.79. The first kappa shape index (κ1) is 25.0. The maximum Gasteiger partial charge on any atom is 0.254 e. The highest BCUT2D eigenvalue weighted by Gasteiger charge is 2.24. The van der Waals surface area contributed by atoms with Crippen molar-refractivity contribution in [2.24, 2.45) is 0 Å². The summed E-state index contributed by atoms with van der Waals surface area (Å²) in [7, 11) is -1.47. The SMILES string of the molecule is O=C(c1cccc(N(Cc2ccc(Cl)cc2)S(=O)c2ccccc2)c1)N1CCN(c2ccccn2)CC1. The van der Waals surface area contributed by atoms with Crippen LogP contribution < -0.4 is 9.21 Å². The van der Waals surface area contributed by atoms with Crippen LogP contribution in [-0.2, 0) is 17.5 Å². The number of piperazine rings is 1. The van der Waals surface area contributed by atoms with Crippen molar-refractivity contribution in [2.75, 3.05) is 35.4 Å². The molecule has 2 heterocycles. The largest absolute Gasteiger partial charge is 0.353 e. The summed E-state index contributed by atoms with van der Waals surface area (Å²) in [5.74, 6) is 0.900. The minimum absolute atomic E-state index is 0.0283. The Balaban J connectivity index is 1.36. The molecule has 1 aliphatic heterocycles. The molecule has 1 saturated heterocycles. The second-order valence-electron chi connectivity index (χ2n) is 8.74. The van der Waals surface area contributed by atoms with Crippen LogP contribution in [0.4, 0.5) is 11.5 Å². The lowest BCUT2D eigenvalue weighted by Crippen LogP contribution is -2.49. The first-order valence-electron chi connectivity index (χ1n) is 12.1. The molecule has 4 aromatic rings. The Bertz CT molecular complexity index is 1360. The fourth-order valence-electron chi connectivity index (χ4n) is 4.32. The molecule has 1 aromatic heterocycles. The number of aromatic nitrogens is 1. The van der Waals surface area contributed by atoms with Crippen molar-refractivity contribution >= 4 is 40.0 Å². The van der Waals surface area contributed by atoms with Crippen LogP contribution >= 0.6 is 11.6 Å². The molecule has 5 rings (SSSR count). The predicted octanol–water partition coefficient (Wildman–Crippen LogP) is 5.43. The topological polar surface area (TPSA) is 56.8 Å². The van der Waals surface area contributed by atoms with Gasteiger partial charge in [0.25, 0.3) is 5.91 Å². The van der Waals surface area contributed by atoms with E-state index in [4.69, 9.17) is 11.6 Å². The summed E-state index contributed by atoms with van der Waals surface area (Å²) < 4.78 is 15.5. The molecule has 37 heavy (non-hydrogen) atoms. The number of hydrogen-bond acceptors (Lipinski definition) is 4. The van der Waals surface area contributed by atoms with Gasteiger partial charge in [-0.1, -0.05) is 54.1 Å². The smallest absolute Gasteiger partial charge is 0.254 e. The summed E-state index contributed by atoms with van der Waals surface area (Å²) in [6, 6.07) is 30.1. The monoisotopic (exact) mass is 530 g/mol. The fourth-order valence-corrected chi connectivity index (χ4v) is 5.66. The normalized spacial score (nSPS) is 14.3. The van der Waals surface area contributed by atoms with E-state index < -0.39 is 11.0 Å². The van der Waals surface area contributed by atoms with E-state index in [1.807, 2.05) is 106 Å². The molecular formula is C29H27ClN4O2S. The number of benzene rings is 3. The van der Waals surface area contributed by atoms with Gasteiger partial charge in [0.2, 0.25) is 0 Å². The minimum atomic E-state index is -1.47. The van der Waals surface area contributed by atoms with Gasteiger partial charge < -0.3 is 9.80 Å². The maximum absolute atomic E-state index is 13.7. The number of halogens is 1. The van der Waals surface area contributed by atoms with Gasteiger partial charge in [0.1, 0.15) is 5.82 Å². The molecule has 1 atom stereocenters. The molecule has 1 amide bonds. The Morgan fingerprint density at radius 3 is 2.30 bits per heavy atom. The number of nitrogens with zero attached hydrogens (tertiary/aromatic N) is 4. The number of anilines is 2. The van der Waals surface area contributed by atoms with Crippen molar-refractivity contribution in [2.45, 2.75) is 11.4 Å². The molecule has 3 aromatic carbocycles. The van der Waals surface area contributed by atoms with Gasteiger partial charge in [0.05, 0.1) is 17.1 Å². The molecule has 0 saturated carbocycles. The van der Waals surface area contributed by atoms with Crippen molar-refractivity contribution in [1.29, 1.82) is 0 Å². The highest BCUT2D eigenvalue weighted by atomic mass is 35.5. The maximum atomic E-state index is 13.7. The lowest BCUT2D eigenvalue weighted by Gasteiger charge is -2.35. The number of pyridine rings is 1. The quantitative estimate of drug-likeness (QED) is 0.320. The molecule has 1 aliphatic rings. The summed E-state index contributed by atoms with van der Waals surface area (Å²) in [5.41, 5.74) is 2.26. The van der Waals surface area contributed by atoms with Gasteiger partial charge in [0.15, 0.2) is 11.0 Å². The molecule has 8 heteroatoms. The number of carbonyl (C=O) groups excluding carboxylic acids is 1. The van der Waals surface area contributed by atoms with Crippen molar-refractivity contribution in [1.82, 2.24) is 9.88 Å². The summed E-state index contributed by atoms with van der Waals surface area (Å²) >= 11 is 6.07. The lowest BCUT2D eigenvalue weighted by molar-refractivity contribution is 0.0746. The van der Waals surface area contributed by atoms with Crippen LogP contribution in [0.1, 0.15) is 15.9 Å². The summed E-state index contributed by atoms with van der Waals surface area (Å²) in [5, 5.41) is 0.648. The van der Waals surface area contributed by atoms with Gasteiger partial charge >= 0.3 is 0 Å². The van der Waals surface area contributed by atoms with Crippen LogP contribution in [0.15, 0.2) is 108 Å². The zero-order valence-corrected chi connectivity index (χ0v) is 21.8. The van der Waals surface area contributed by atoms with E-state index in [1.165, 1.54) is 0 Å². The van der Waals surface area contributed by atoms with E-state index in [9.17, 15) is 9.00 Å². The zero-order valence-electron chi connectivity index (χ0n) is 20.2. The molecule has 188 valence electrons. The molecule has 0 bridgehead atoms. The standard InChI is InChI=1S/C29H27ClN4O2S/c30-25-14-12-23(13-15-25)22-34(37(36)27-9-2-1-3-10-27)26-8-6-7-24(21-26)29(35)33-19-17-32(18-20-33)28-11-4-5-16-31-28/h1-16,21H,17-20,22H2. The average Bonchev–Trinajstić information content (AvgIpc) is 2.97. The molecule has 0 N–H and O–H groups in total. The van der Waals surface area contributed by atoms with Crippen molar-refractivity contribution < 1.29 is 9.00 Å². The van der Waals surface area contributed by atoms with E-state index >= 15 is 0 Å². The first-order chi connectivity index (χ1) is 18.1.